The van der Waals surface area contributed by atoms with Crippen LogP contribution in [0, 0.1) is 0 Å². The molecule has 0 saturated heterocycles. The maximum absolute atomic E-state index is 2.27. The van der Waals surface area contributed by atoms with E-state index in [0.717, 1.165) is 0 Å². The summed E-state index contributed by atoms with van der Waals surface area (Å²) in [6.45, 7) is 0. The SMILES string of the molecule is C1=CCCC=CCC1.[Cl-].[Ir]. The Kier molecular flexibility index (Phi) is 12.3. The Labute approximate surface area is 82.5 Å². The van der Waals surface area contributed by atoms with E-state index in [0.29, 0.717) is 0 Å². The van der Waals surface area contributed by atoms with Gasteiger partial charge in [0, 0.05) is 20.1 Å². The summed E-state index contributed by atoms with van der Waals surface area (Å²) in [4.78, 5) is 0. The monoisotopic (exact) mass is 336 g/mol. The van der Waals surface area contributed by atoms with Crippen molar-refractivity contribution in [1.29, 1.82) is 0 Å². The van der Waals surface area contributed by atoms with Crippen LogP contribution in [0.4, 0.5) is 0 Å². The average Bonchev–Trinajstić information content (AvgIpc) is 1.62. The van der Waals surface area contributed by atoms with Gasteiger partial charge < -0.3 is 12.4 Å². The number of hydrogen-bond acceptors (Lipinski definition) is 0. The zero-order valence-corrected chi connectivity index (χ0v) is 9.00. The average molecular weight is 336 g/mol. The minimum absolute atomic E-state index is 0. The van der Waals surface area contributed by atoms with Crippen molar-refractivity contribution in [2.45, 2.75) is 25.7 Å². The molecule has 0 unspecified atom stereocenters. The maximum atomic E-state index is 2.27. The zero-order chi connectivity index (χ0) is 5.66. The standard InChI is InChI=1S/C8H12.ClH.Ir/c1-2-4-6-8-7-5-3-1;;/h1-2,7-8H,3-6H2;1H;/p-1. The fraction of sp³-hybridized carbons (Fsp3) is 0.500. The molecule has 2 heteroatoms. The van der Waals surface area contributed by atoms with Crippen molar-refractivity contribution in [3.63, 3.8) is 0 Å². The van der Waals surface area contributed by atoms with E-state index in [4.69, 9.17) is 0 Å². The van der Waals surface area contributed by atoms with Crippen molar-refractivity contribution < 1.29 is 32.5 Å². The largest absolute Gasteiger partial charge is 1.00 e. The van der Waals surface area contributed by atoms with Gasteiger partial charge in [-0.25, -0.2) is 0 Å². The molecule has 1 rings (SSSR count). The van der Waals surface area contributed by atoms with Crippen molar-refractivity contribution in [2.24, 2.45) is 0 Å². The molecule has 1 aliphatic rings. The van der Waals surface area contributed by atoms with Gasteiger partial charge in [0.15, 0.2) is 0 Å². The van der Waals surface area contributed by atoms with Crippen LogP contribution in [-0.2, 0) is 20.1 Å². The fourth-order valence-corrected chi connectivity index (χ4v) is 0.856. The second kappa shape index (κ2) is 9.42. The molecular weight excluding hydrogens is 324 g/mol. The molecule has 1 aliphatic carbocycles. The third kappa shape index (κ3) is 6.54. The van der Waals surface area contributed by atoms with Crippen molar-refractivity contribution >= 4 is 0 Å². The van der Waals surface area contributed by atoms with E-state index in [-0.39, 0.29) is 32.5 Å². The van der Waals surface area contributed by atoms with Gasteiger partial charge in [-0.05, 0) is 25.7 Å². The summed E-state index contributed by atoms with van der Waals surface area (Å²) in [6, 6.07) is 0. The van der Waals surface area contributed by atoms with Gasteiger partial charge in [0.2, 0.25) is 0 Å². The van der Waals surface area contributed by atoms with Crippen LogP contribution < -0.4 is 12.4 Å². The molecule has 0 atom stereocenters. The van der Waals surface area contributed by atoms with E-state index in [1.165, 1.54) is 25.7 Å². The van der Waals surface area contributed by atoms with E-state index < -0.39 is 0 Å². The van der Waals surface area contributed by atoms with E-state index in [1.54, 1.807) is 0 Å². The van der Waals surface area contributed by atoms with Gasteiger partial charge >= 0.3 is 0 Å². The molecule has 0 spiro atoms. The fourth-order valence-electron chi connectivity index (χ4n) is 0.856. The molecule has 1 radical (unpaired) electrons. The predicted molar refractivity (Wildman–Crippen MR) is 36.7 cm³/mol. The van der Waals surface area contributed by atoms with Crippen molar-refractivity contribution in [2.75, 3.05) is 0 Å². The number of allylic oxidation sites excluding steroid dienone is 4. The first-order chi connectivity index (χ1) is 4.00. The topological polar surface area (TPSA) is 0 Å². The van der Waals surface area contributed by atoms with Crippen LogP contribution in [-0.4, -0.2) is 0 Å². The Morgan fingerprint density at radius 1 is 0.600 bits per heavy atom. The van der Waals surface area contributed by atoms with Gasteiger partial charge in [-0.1, -0.05) is 24.3 Å². The van der Waals surface area contributed by atoms with Gasteiger partial charge in [-0.15, -0.1) is 0 Å². The van der Waals surface area contributed by atoms with Gasteiger partial charge in [0.1, 0.15) is 0 Å². The molecule has 61 valence electrons. The molecule has 0 saturated carbocycles. The minimum Gasteiger partial charge on any atom is -1.00 e. The smallest absolute Gasteiger partial charge is 0 e. The molecule has 0 aromatic carbocycles. The molecule has 0 bridgehead atoms. The molecule has 0 nitrogen and oxygen atoms in total. The first kappa shape index (κ1) is 13.0. The van der Waals surface area contributed by atoms with E-state index in [1.807, 2.05) is 0 Å². The van der Waals surface area contributed by atoms with E-state index in [2.05, 4.69) is 24.3 Å². The molecule has 0 N–H and O–H groups in total. The van der Waals surface area contributed by atoms with Crippen molar-refractivity contribution in [3.8, 4) is 0 Å². The van der Waals surface area contributed by atoms with Gasteiger partial charge in [-0.2, -0.15) is 0 Å². The van der Waals surface area contributed by atoms with Crippen molar-refractivity contribution in [1.82, 2.24) is 0 Å². The van der Waals surface area contributed by atoms with Crippen LogP contribution >= 0.6 is 0 Å². The molecule has 0 aromatic heterocycles. The summed E-state index contributed by atoms with van der Waals surface area (Å²) in [5, 5.41) is 0. The number of hydrogen-bond donors (Lipinski definition) is 0. The molecule has 0 amide bonds. The quantitative estimate of drug-likeness (QED) is 0.532. The predicted octanol–water partition coefficient (Wildman–Crippen LogP) is -0.326. The Hall–Kier alpha value is 0.419. The second-order valence-corrected chi connectivity index (χ2v) is 2.10. The molecule has 0 heterocycles. The molecule has 0 aliphatic heterocycles. The van der Waals surface area contributed by atoms with Gasteiger partial charge in [0.25, 0.3) is 0 Å². The van der Waals surface area contributed by atoms with Crippen LogP contribution in [0.25, 0.3) is 0 Å². The molecule has 0 aromatic rings. The second-order valence-electron chi connectivity index (χ2n) is 2.10. The minimum atomic E-state index is 0. The third-order valence-electron chi connectivity index (χ3n) is 1.33. The van der Waals surface area contributed by atoms with Crippen molar-refractivity contribution in [3.05, 3.63) is 24.3 Å². The summed E-state index contributed by atoms with van der Waals surface area (Å²) in [5.41, 5.74) is 0. The first-order valence-corrected chi connectivity index (χ1v) is 3.30. The van der Waals surface area contributed by atoms with Gasteiger partial charge in [0.05, 0.1) is 0 Å². The maximum Gasteiger partial charge on any atom is 0 e. The summed E-state index contributed by atoms with van der Waals surface area (Å²) < 4.78 is 0. The summed E-state index contributed by atoms with van der Waals surface area (Å²) in [6.07, 6.45) is 14.0. The Morgan fingerprint density at radius 2 is 0.800 bits per heavy atom. The van der Waals surface area contributed by atoms with E-state index in [9.17, 15) is 0 Å². The summed E-state index contributed by atoms with van der Waals surface area (Å²) in [5.74, 6) is 0. The molecular formula is C8H12ClIr-. The summed E-state index contributed by atoms with van der Waals surface area (Å²) in [7, 11) is 0. The number of halogens is 1. The number of rotatable bonds is 0. The third-order valence-corrected chi connectivity index (χ3v) is 1.33. The Bertz CT molecular complexity index is 81.8. The van der Waals surface area contributed by atoms with Crippen LogP contribution in [0.2, 0.25) is 0 Å². The van der Waals surface area contributed by atoms with Crippen LogP contribution in [0.5, 0.6) is 0 Å². The van der Waals surface area contributed by atoms with E-state index >= 15 is 0 Å². The van der Waals surface area contributed by atoms with Crippen LogP contribution in [0.3, 0.4) is 0 Å². The zero-order valence-electron chi connectivity index (χ0n) is 5.85. The van der Waals surface area contributed by atoms with Crippen LogP contribution in [0.1, 0.15) is 25.7 Å². The van der Waals surface area contributed by atoms with Gasteiger partial charge in [-0.3, -0.25) is 0 Å². The summed E-state index contributed by atoms with van der Waals surface area (Å²) >= 11 is 0. The Morgan fingerprint density at radius 3 is 1.00 bits per heavy atom. The molecule has 10 heavy (non-hydrogen) atoms. The Balaban J connectivity index is 0. The normalized spacial score (nSPS) is 16.0. The first-order valence-electron chi connectivity index (χ1n) is 3.30. The molecule has 0 fully saturated rings. The van der Waals surface area contributed by atoms with Crippen LogP contribution in [0.15, 0.2) is 24.3 Å².